The van der Waals surface area contributed by atoms with Crippen LogP contribution in [0.1, 0.15) is 6.92 Å². The van der Waals surface area contributed by atoms with E-state index in [1.54, 1.807) is 6.20 Å². The number of nitrogens with one attached hydrogen (secondary N) is 1. The van der Waals surface area contributed by atoms with Gasteiger partial charge in [-0.05, 0) is 18.7 Å². The molecule has 0 bridgehead atoms. The number of benzene rings is 1. The number of fused-ring (bicyclic) bond motifs is 1. The summed E-state index contributed by atoms with van der Waals surface area (Å²) in [7, 11) is 0. The molecule has 0 aliphatic carbocycles. The Morgan fingerprint density at radius 1 is 1.08 bits per heavy atom. The van der Waals surface area contributed by atoms with Crippen LogP contribution < -0.4 is 19.7 Å². The van der Waals surface area contributed by atoms with Gasteiger partial charge in [0.05, 0.1) is 6.20 Å². The van der Waals surface area contributed by atoms with Gasteiger partial charge in [0, 0.05) is 37.9 Å². The number of likely N-dealkylation sites (N-methyl/N-ethyl adjacent to an activating group) is 1. The van der Waals surface area contributed by atoms with Crippen molar-refractivity contribution in [2.24, 2.45) is 0 Å². The molecule has 0 amide bonds. The predicted octanol–water partition coefficient (Wildman–Crippen LogP) is 1.53. The van der Waals surface area contributed by atoms with Crippen LogP contribution in [0.4, 0.5) is 17.5 Å². The van der Waals surface area contributed by atoms with Crippen molar-refractivity contribution >= 4 is 17.5 Å². The second-order valence-corrected chi connectivity index (χ2v) is 6.05. The molecule has 0 radical (unpaired) electrons. The smallest absolute Gasteiger partial charge is 0.247 e. The van der Waals surface area contributed by atoms with E-state index in [4.69, 9.17) is 9.47 Å². The van der Waals surface area contributed by atoms with Crippen molar-refractivity contribution in [1.29, 1.82) is 0 Å². The molecule has 2 aliphatic heterocycles. The van der Waals surface area contributed by atoms with E-state index in [2.05, 4.69) is 37.2 Å². The summed E-state index contributed by atoms with van der Waals surface area (Å²) in [6.07, 6.45) is 1.63. The maximum Gasteiger partial charge on any atom is 0.247 e. The van der Waals surface area contributed by atoms with Crippen LogP contribution in [0.5, 0.6) is 11.5 Å². The molecule has 0 unspecified atom stereocenters. The first-order chi connectivity index (χ1) is 12.3. The first kappa shape index (κ1) is 15.9. The molecule has 0 saturated carbocycles. The van der Waals surface area contributed by atoms with Gasteiger partial charge in [-0.1, -0.05) is 6.92 Å². The monoisotopic (exact) mass is 342 g/mol. The normalized spacial score (nSPS) is 17.4. The van der Waals surface area contributed by atoms with E-state index >= 15 is 0 Å². The standard InChI is InChI=1S/C17H22N6O2/c1-2-22-5-7-23(8-6-22)17-20-16(12-18-21-17)19-13-3-4-14-15(11-13)25-10-9-24-14/h3-4,11-12H,2,5-10H2,1H3,(H,19,20,21). The van der Waals surface area contributed by atoms with Crippen LogP contribution in [-0.4, -0.2) is 66.0 Å². The molecule has 3 heterocycles. The summed E-state index contributed by atoms with van der Waals surface area (Å²) in [5.41, 5.74) is 0.881. The Morgan fingerprint density at radius 2 is 1.88 bits per heavy atom. The minimum absolute atomic E-state index is 0.569. The highest BCUT2D eigenvalue weighted by Crippen LogP contribution is 2.33. The number of aromatic nitrogens is 3. The van der Waals surface area contributed by atoms with Gasteiger partial charge in [-0.3, -0.25) is 0 Å². The topological polar surface area (TPSA) is 75.6 Å². The van der Waals surface area contributed by atoms with Crippen molar-refractivity contribution in [2.75, 3.05) is 56.2 Å². The second kappa shape index (κ2) is 7.10. The molecular formula is C17H22N6O2. The summed E-state index contributed by atoms with van der Waals surface area (Å²) >= 11 is 0. The Labute approximate surface area is 146 Å². The number of piperazine rings is 1. The third-order valence-electron chi connectivity index (χ3n) is 4.46. The van der Waals surface area contributed by atoms with Crippen molar-refractivity contribution in [1.82, 2.24) is 20.1 Å². The maximum absolute atomic E-state index is 5.62. The lowest BCUT2D eigenvalue weighted by atomic mass is 10.2. The molecule has 2 aliphatic rings. The van der Waals surface area contributed by atoms with Gasteiger partial charge in [0.2, 0.25) is 5.95 Å². The summed E-state index contributed by atoms with van der Waals surface area (Å²) in [4.78, 5) is 9.20. The van der Waals surface area contributed by atoms with Crippen LogP contribution in [0.2, 0.25) is 0 Å². The molecule has 8 heteroatoms. The van der Waals surface area contributed by atoms with Gasteiger partial charge in [-0.25, -0.2) is 0 Å². The lowest BCUT2D eigenvalue weighted by Crippen LogP contribution is -2.46. The lowest BCUT2D eigenvalue weighted by Gasteiger charge is -2.33. The van der Waals surface area contributed by atoms with E-state index in [1.165, 1.54) is 0 Å². The lowest BCUT2D eigenvalue weighted by molar-refractivity contribution is 0.171. The molecule has 1 aromatic carbocycles. The zero-order valence-electron chi connectivity index (χ0n) is 14.3. The van der Waals surface area contributed by atoms with Crippen LogP contribution >= 0.6 is 0 Å². The molecular weight excluding hydrogens is 320 g/mol. The van der Waals surface area contributed by atoms with E-state index in [0.29, 0.717) is 25.0 Å². The average molecular weight is 342 g/mol. The summed E-state index contributed by atoms with van der Waals surface area (Å²) < 4.78 is 11.2. The fraction of sp³-hybridized carbons (Fsp3) is 0.471. The van der Waals surface area contributed by atoms with Crippen LogP contribution in [0.15, 0.2) is 24.4 Å². The molecule has 1 saturated heterocycles. The van der Waals surface area contributed by atoms with Crippen molar-refractivity contribution < 1.29 is 9.47 Å². The first-order valence-electron chi connectivity index (χ1n) is 8.65. The number of hydrogen-bond acceptors (Lipinski definition) is 8. The molecule has 4 rings (SSSR count). The average Bonchev–Trinajstić information content (AvgIpc) is 2.68. The molecule has 0 spiro atoms. The minimum atomic E-state index is 0.569. The molecule has 1 N–H and O–H groups in total. The summed E-state index contributed by atoms with van der Waals surface area (Å²) in [6, 6.07) is 5.75. The van der Waals surface area contributed by atoms with Crippen molar-refractivity contribution in [3.63, 3.8) is 0 Å². The van der Waals surface area contributed by atoms with E-state index in [9.17, 15) is 0 Å². The molecule has 132 valence electrons. The molecule has 1 fully saturated rings. The Bertz CT molecular complexity index is 733. The van der Waals surface area contributed by atoms with Crippen LogP contribution in [-0.2, 0) is 0 Å². The van der Waals surface area contributed by atoms with E-state index in [0.717, 1.165) is 49.9 Å². The zero-order valence-corrected chi connectivity index (χ0v) is 14.3. The largest absolute Gasteiger partial charge is 0.486 e. The van der Waals surface area contributed by atoms with Gasteiger partial charge in [0.25, 0.3) is 0 Å². The molecule has 0 atom stereocenters. The fourth-order valence-corrected chi connectivity index (χ4v) is 3.02. The van der Waals surface area contributed by atoms with Gasteiger partial charge in [0.1, 0.15) is 13.2 Å². The Hall–Kier alpha value is -2.61. The molecule has 2 aromatic rings. The van der Waals surface area contributed by atoms with Crippen LogP contribution in [0.25, 0.3) is 0 Å². The van der Waals surface area contributed by atoms with Crippen molar-refractivity contribution in [3.8, 4) is 11.5 Å². The summed E-state index contributed by atoms with van der Waals surface area (Å²) in [5.74, 6) is 2.85. The highest BCUT2D eigenvalue weighted by atomic mass is 16.6. The minimum Gasteiger partial charge on any atom is -0.486 e. The Kier molecular flexibility index (Phi) is 4.51. The van der Waals surface area contributed by atoms with Crippen molar-refractivity contribution in [3.05, 3.63) is 24.4 Å². The van der Waals surface area contributed by atoms with Gasteiger partial charge in [-0.2, -0.15) is 10.1 Å². The third kappa shape index (κ3) is 3.58. The molecule has 8 nitrogen and oxygen atoms in total. The predicted molar refractivity (Wildman–Crippen MR) is 94.9 cm³/mol. The Balaban J connectivity index is 1.46. The number of ether oxygens (including phenoxy) is 2. The van der Waals surface area contributed by atoms with Gasteiger partial charge in [-0.15, -0.1) is 5.10 Å². The second-order valence-electron chi connectivity index (χ2n) is 6.05. The zero-order chi connectivity index (χ0) is 17.1. The fourth-order valence-electron chi connectivity index (χ4n) is 3.02. The summed E-state index contributed by atoms with van der Waals surface area (Å²) in [5, 5.41) is 11.6. The van der Waals surface area contributed by atoms with Crippen molar-refractivity contribution in [2.45, 2.75) is 6.92 Å². The van der Waals surface area contributed by atoms with E-state index < -0.39 is 0 Å². The quantitative estimate of drug-likeness (QED) is 0.896. The number of nitrogens with zero attached hydrogens (tertiary/aromatic N) is 5. The van der Waals surface area contributed by atoms with Gasteiger partial charge in [0.15, 0.2) is 17.3 Å². The molecule has 1 aromatic heterocycles. The van der Waals surface area contributed by atoms with Crippen LogP contribution in [0, 0.1) is 0 Å². The third-order valence-corrected chi connectivity index (χ3v) is 4.46. The van der Waals surface area contributed by atoms with Crippen LogP contribution in [0.3, 0.4) is 0 Å². The SMILES string of the molecule is CCN1CCN(c2nncc(Nc3ccc4c(c3)OCCO4)n2)CC1. The van der Waals surface area contributed by atoms with E-state index in [1.807, 2.05) is 18.2 Å². The number of hydrogen-bond donors (Lipinski definition) is 1. The highest BCUT2D eigenvalue weighted by molar-refractivity contribution is 5.61. The summed E-state index contributed by atoms with van der Waals surface area (Å²) in [6.45, 7) is 8.32. The van der Waals surface area contributed by atoms with Gasteiger partial charge >= 0.3 is 0 Å². The first-order valence-corrected chi connectivity index (χ1v) is 8.65. The highest BCUT2D eigenvalue weighted by Gasteiger charge is 2.18. The molecule has 25 heavy (non-hydrogen) atoms. The van der Waals surface area contributed by atoms with E-state index in [-0.39, 0.29) is 0 Å². The maximum atomic E-state index is 5.62. The van der Waals surface area contributed by atoms with Gasteiger partial charge < -0.3 is 24.6 Å². The Morgan fingerprint density at radius 3 is 2.68 bits per heavy atom. The number of rotatable bonds is 4. The number of anilines is 3.